The molecule has 2 rings (SSSR count). The van der Waals surface area contributed by atoms with Crippen LogP contribution in [0.4, 0.5) is 0 Å². The molecule has 20 heavy (non-hydrogen) atoms. The number of likely N-dealkylation sites (tertiary alicyclic amines) is 1. The molecule has 3 heteroatoms. The third-order valence-electron chi connectivity index (χ3n) is 4.71. The molecule has 2 nitrogen and oxygen atoms in total. The summed E-state index contributed by atoms with van der Waals surface area (Å²) in [4.78, 5) is 15.3. The van der Waals surface area contributed by atoms with Gasteiger partial charge in [0.25, 0.3) is 0 Å². The van der Waals surface area contributed by atoms with Crippen LogP contribution in [0.25, 0.3) is 0 Å². The fourth-order valence-electron chi connectivity index (χ4n) is 3.39. The van der Waals surface area contributed by atoms with E-state index in [0.717, 1.165) is 31.5 Å². The Bertz CT molecular complexity index is 462. The molecule has 0 unspecified atom stereocenters. The lowest BCUT2D eigenvalue weighted by Gasteiger charge is -2.39. The van der Waals surface area contributed by atoms with Gasteiger partial charge in [-0.3, -0.25) is 9.69 Å². The van der Waals surface area contributed by atoms with Crippen LogP contribution in [-0.2, 0) is 11.2 Å². The summed E-state index contributed by atoms with van der Waals surface area (Å²) in [5.74, 6) is 0.317. The number of ketones is 1. The van der Waals surface area contributed by atoms with Crippen molar-refractivity contribution in [2.24, 2.45) is 0 Å². The molecule has 0 atom stereocenters. The quantitative estimate of drug-likeness (QED) is 0.787. The molecule has 1 heterocycles. The Balaban J connectivity index is 2.21. The SMILES string of the molecule is CCC(CC)(C(=O)Cc1ccccc1Cl)N1CCCC1. The van der Waals surface area contributed by atoms with Crippen molar-refractivity contribution in [3.63, 3.8) is 0 Å². The lowest BCUT2D eigenvalue weighted by Crippen LogP contribution is -2.53. The third-order valence-corrected chi connectivity index (χ3v) is 5.08. The van der Waals surface area contributed by atoms with Crippen molar-refractivity contribution in [1.29, 1.82) is 0 Å². The van der Waals surface area contributed by atoms with E-state index < -0.39 is 0 Å². The minimum absolute atomic E-state index is 0.296. The third kappa shape index (κ3) is 2.91. The summed E-state index contributed by atoms with van der Waals surface area (Å²) in [5, 5.41) is 0.698. The average Bonchev–Trinajstić information content (AvgIpc) is 2.98. The lowest BCUT2D eigenvalue weighted by atomic mass is 9.83. The van der Waals surface area contributed by atoms with Crippen molar-refractivity contribution in [3.8, 4) is 0 Å². The van der Waals surface area contributed by atoms with Gasteiger partial charge in [0.2, 0.25) is 0 Å². The number of nitrogens with zero attached hydrogens (tertiary/aromatic N) is 1. The number of carbonyl (C=O) groups excluding carboxylic acids is 1. The first kappa shape index (κ1) is 15.5. The standard InChI is InChI=1S/C17H24ClNO/c1-3-17(4-2,19-11-7-8-12-19)16(20)13-14-9-5-6-10-15(14)18/h5-6,9-10H,3-4,7-8,11-13H2,1-2H3. The molecule has 0 saturated carbocycles. The van der Waals surface area contributed by atoms with Crippen LogP contribution in [0.3, 0.4) is 0 Å². The van der Waals surface area contributed by atoms with Crippen LogP contribution in [0, 0.1) is 0 Å². The molecule has 0 aromatic heterocycles. The number of benzene rings is 1. The monoisotopic (exact) mass is 293 g/mol. The maximum atomic E-state index is 12.9. The smallest absolute Gasteiger partial charge is 0.157 e. The van der Waals surface area contributed by atoms with E-state index in [1.54, 1.807) is 0 Å². The Morgan fingerprint density at radius 1 is 1.20 bits per heavy atom. The normalized spacial score (nSPS) is 16.6. The number of Topliss-reactive ketones (excluding diaryl/α,β-unsaturated/α-hetero) is 1. The molecule has 0 spiro atoms. The zero-order valence-corrected chi connectivity index (χ0v) is 13.2. The highest BCUT2D eigenvalue weighted by molar-refractivity contribution is 6.31. The first-order valence-corrected chi connectivity index (χ1v) is 8.03. The van der Waals surface area contributed by atoms with E-state index >= 15 is 0 Å². The van der Waals surface area contributed by atoms with Gasteiger partial charge in [0.15, 0.2) is 5.78 Å². The number of carbonyl (C=O) groups is 1. The second-order valence-electron chi connectivity index (χ2n) is 5.62. The Morgan fingerprint density at radius 3 is 2.35 bits per heavy atom. The van der Waals surface area contributed by atoms with Gasteiger partial charge in [-0.05, 0) is 50.4 Å². The second kappa shape index (κ2) is 6.73. The average molecular weight is 294 g/mol. The molecule has 1 aromatic rings. The zero-order chi connectivity index (χ0) is 14.6. The highest BCUT2D eigenvalue weighted by Gasteiger charge is 2.41. The molecule has 110 valence electrons. The molecule has 1 aromatic carbocycles. The van der Waals surface area contributed by atoms with Gasteiger partial charge >= 0.3 is 0 Å². The summed E-state index contributed by atoms with van der Waals surface area (Å²) in [6.45, 7) is 6.37. The van der Waals surface area contributed by atoms with Gasteiger partial charge in [-0.25, -0.2) is 0 Å². The van der Waals surface area contributed by atoms with Crippen LogP contribution < -0.4 is 0 Å². The molecule has 1 fully saturated rings. The fraction of sp³-hybridized carbons (Fsp3) is 0.588. The van der Waals surface area contributed by atoms with Gasteiger partial charge in [0.1, 0.15) is 0 Å². The predicted octanol–water partition coefficient (Wildman–Crippen LogP) is 4.11. The molecule has 0 bridgehead atoms. The molecular weight excluding hydrogens is 270 g/mol. The number of hydrogen-bond donors (Lipinski definition) is 0. The lowest BCUT2D eigenvalue weighted by molar-refractivity contribution is -0.130. The van der Waals surface area contributed by atoms with Crippen LogP contribution in [0.5, 0.6) is 0 Å². The summed E-state index contributed by atoms with van der Waals surface area (Å²) >= 11 is 6.20. The van der Waals surface area contributed by atoms with Crippen LogP contribution >= 0.6 is 11.6 Å². The van der Waals surface area contributed by atoms with Crippen LogP contribution in [0.15, 0.2) is 24.3 Å². The van der Waals surface area contributed by atoms with Crippen molar-refractivity contribution in [2.45, 2.75) is 51.5 Å². The zero-order valence-electron chi connectivity index (χ0n) is 12.5. The molecule has 0 N–H and O–H groups in total. The van der Waals surface area contributed by atoms with Crippen LogP contribution in [-0.4, -0.2) is 29.3 Å². The van der Waals surface area contributed by atoms with Crippen LogP contribution in [0.1, 0.15) is 45.1 Å². The highest BCUT2D eigenvalue weighted by Crippen LogP contribution is 2.31. The molecule has 0 radical (unpaired) electrons. The molecule has 0 aliphatic carbocycles. The van der Waals surface area contributed by atoms with Crippen molar-refractivity contribution in [2.75, 3.05) is 13.1 Å². The Kier molecular flexibility index (Phi) is 5.22. The maximum absolute atomic E-state index is 12.9. The summed E-state index contributed by atoms with van der Waals surface area (Å²) in [7, 11) is 0. The van der Waals surface area contributed by atoms with E-state index in [0.29, 0.717) is 17.2 Å². The molecule has 1 aliphatic heterocycles. The second-order valence-corrected chi connectivity index (χ2v) is 6.03. The van der Waals surface area contributed by atoms with Gasteiger partial charge in [-0.2, -0.15) is 0 Å². The van der Waals surface area contributed by atoms with Gasteiger partial charge in [-0.15, -0.1) is 0 Å². The van der Waals surface area contributed by atoms with Gasteiger partial charge in [-0.1, -0.05) is 43.6 Å². The Labute approximate surface area is 127 Å². The van der Waals surface area contributed by atoms with Gasteiger partial charge < -0.3 is 0 Å². The fourth-order valence-corrected chi connectivity index (χ4v) is 3.59. The minimum atomic E-state index is -0.296. The predicted molar refractivity (Wildman–Crippen MR) is 84.3 cm³/mol. The van der Waals surface area contributed by atoms with Crippen molar-refractivity contribution in [3.05, 3.63) is 34.9 Å². The maximum Gasteiger partial charge on any atom is 0.157 e. The summed E-state index contributed by atoms with van der Waals surface area (Å²) in [6.07, 6.45) is 4.62. The van der Waals surface area contributed by atoms with E-state index in [2.05, 4.69) is 18.7 Å². The van der Waals surface area contributed by atoms with E-state index in [1.807, 2.05) is 24.3 Å². The topological polar surface area (TPSA) is 20.3 Å². The van der Waals surface area contributed by atoms with Crippen LogP contribution in [0.2, 0.25) is 5.02 Å². The number of halogens is 1. The van der Waals surface area contributed by atoms with Crippen molar-refractivity contribution in [1.82, 2.24) is 4.90 Å². The van der Waals surface area contributed by atoms with E-state index in [4.69, 9.17) is 11.6 Å². The summed E-state index contributed by atoms with van der Waals surface area (Å²) in [5.41, 5.74) is 0.653. The molecular formula is C17H24ClNO. The first-order valence-electron chi connectivity index (χ1n) is 7.65. The number of hydrogen-bond acceptors (Lipinski definition) is 2. The number of rotatable bonds is 6. The Morgan fingerprint density at radius 2 is 1.80 bits per heavy atom. The molecule has 0 amide bonds. The largest absolute Gasteiger partial charge is 0.297 e. The van der Waals surface area contributed by atoms with E-state index in [9.17, 15) is 4.79 Å². The van der Waals surface area contributed by atoms with Gasteiger partial charge in [0, 0.05) is 11.4 Å². The molecule has 1 saturated heterocycles. The first-order chi connectivity index (χ1) is 9.64. The van der Waals surface area contributed by atoms with Crippen molar-refractivity contribution < 1.29 is 4.79 Å². The van der Waals surface area contributed by atoms with E-state index in [1.165, 1.54) is 12.8 Å². The molecule has 1 aliphatic rings. The van der Waals surface area contributed by atoms with Gasteiger partial charge in [0.05, 0.1) is 5.54 Å². The highest BCUT2D eigenvalue weighted by atomic mass is 35.5. The summed E-state index contributed by atoms with van der Waals surface area (Å²) in [6, 6.07) is 7.67. The van der Waals surface area contributed by atoms with Crippen molar-refractivity contribution >= 4 is 17.4 Å². The summed E-state index contributed by atoms with van der Waals surface area (Å²) < 4.78 is 0. The Hall–Kier alpha value is -0.860. The van der Waals surface area contributed by atoms with E-state index in [-0.39, 0.29) is 5.54 Å². The minimum Gasteiger partial charge on any atom is -0.297 e.